The number of pyridine rings is 1. The molecule has 1 aromatic rings. The number of carbonyl (C=O) groups is 1. The van der Waals surface area contributed by atoms with E-state index in [4.69, 9.17) is 0 Å². The van der Waals surface area contributed by atoms with Gasteiger partial charge in [-0.2, -0.15) is 0 Å². The monoisotopic (exact) mass is 218 g/mol. The van der Waals surface area contributed by atoms with E-state index in [1.165, 1.54) is 12.8 Å². The van der Waals surface area contributed by atoms with Gasteiger partial charge in [0, 0.05) is 18.4 Å². The van der Waals surface area contributed by atoms with Gasteiger partial charge in [-0.3, -0.25) is 9.78 Å². The van der Waals surface area contributed by atoms with E-state index in [0.717, 1.165) is 18.8 Å². The molecule has 2 unspecified atom stereocenters. The van der Waals surface area contributed by atoms with Gasteiger partial charge in [-0.05, 0) is 30.9 Å². The second-order valence-electron chi connectivity index (χ2n) is 4.68. The van der Waals surface area contributed by atoms with Gasteiger partial charge in [-0.1, -0.05) is 19.8 Å². The minimum atomic E-state index is 0.00667. The van der Waals surface area contributed by atoms with Crippen LogP contribution in [0.3, 0.4) is 0 Å². The zero-order chi connectivity index (χ0) is 11.4. The van der Waals surface area contributed by atoms with Crippen LogP contribution in [0.1, 0.15) is 43.0 Å². The van der Waals surface area contributed by atoms with Gasteiger partial charge in [-0.15, -0.1) is 0 Å². The van der Waals surface area contributed by atoms with Gasteiger partial charge >= 0.3 is 0 Å². The van der Waals surface area contributed by atoms with Crippen LogP contribution in [0.15, 0.2) is 24.5 Å². The average Bonchev–Trinajstić information content (AvgIpc) is 2.30. The van der Waals surface area contributed by atoms with Crippen LogP contribution < -0.4 is 5.32 Å². The molecule has 0 bridgehead atoms. The Labute approximate surface area is 96.3 Å². The van der Waals surface area contributed by atoms with Gasteiger partial charge in [0.1, 0.15) is 0 Å². The predicted octanol–water partition coefficient (Wildman–Crippen LogP) is 2.39. The first kappa shape index (κ1) is 11.1. The Morgan fingerprint density at radius 3 is 3.06 bits per heavy atom. The molecule has 1 heterocycles. The van der Waals surface area contributed by atoms with Crippen LogP contribution in [-0.4, -0.2) is 16.9 Å². The maximum Gasteiger partial charge on any atom is 0.253 e. The fourth-order valence-corrected chi connectivity index (χ4v) is 2.33. The molecule has 0 saturated heterocycles. The highest BCUT2D eigenvalue weighted by Crippen LogP contribution is 2.23. The fraction of sp³-hybridized carbons (Fsp3) is 0.538. The van der Waals surface area contributed by atoms with Crippen LogP contribution in [0.2, 0.25) is 0 Å². The maximum absolute atomic E-state index is 11.9. The molecule has 2 atom stereocenters. The third-order valence-electron chi connectivity index (χ3n) is 3.20. The van der Waals surface area contributed by atoms with E-state index < -0.39 is 0 Å². The molecule has 0 spiro atoms. The van der Waals surface area contributed by atoms with Crippen LogP contribution in [0.4, 0.5) is 0 Å². The van der Waals surface area contributed by atoms with Crippen molar-refractivity contribution in [1.82, 2.24) is 10.3 Å². The first-order valence-electron chi connectivity index (χ1n) is 5.96. The predicted molar refractivity (Wildman–Crippen MR) is 63.1 cm³/mol. The molecule has 3 heteroatoms. The molecule has 1 fully saturated rings. The summed E-state index contributed by atoms with van der Waals surface area (Å²) in [6.07, 6.45) is 8.02. The van der Waals surface area contributed by atoms with Crippen molar-refractivity contribution in [3.8, 4) is 0 Å². The molecule has 1 N–H and O–H groups in total. The Hall–Kier alpha value is -1.38. The number of hydrogen-bond donors (Lipinski definition) is 1. The molecule has 1 aromatic heterocycles. The summed E-state index contributed by atoms with van der Waals surface area (Å²) in [5, 5.41) is 3.09. The first-order chi connectivity index (χ1) is 7.75. The number of aromatic nitrogens is 1. The lowest BCUT2D eigenvalue weighted by Crippen LogP contribution is -2.37. The zero-order valence-electron chi connectivity index (χ0n) is 9.65. The minimum absolute atomic E-state index is 0.00667. The van der Waals surface area contributed by atoms with Crippen molar-refractivity contribution < 1.29 is 4.79 Å². The summed E-state index contributed by atoms with van der Waals surface area (Å²) in [6, 6.07) is 3.93. The number of nitrogens with zero attached hydrogens (tertiary/aromatic N) is 1. The Balaban J connectivity index is 1.92. The summed E-state index contributed by atoms with van der Waals surface area (Å²) in [4.78, 5) is 15.8. The second-order valence-corrected chi connectivity index (χ2v) is 4.68. The van der Waals surface area contributed by atoms with Gasteiger partial charge < -0.3 is 5.32 Å². The van der Waals surface area contributed by atoms with Crippen molar-refractivity contribution >= 4 is 5.91 Å². The van der Waals surface area contributed by atoms with E-state index in [-0.39, 0.29) is 5.91 Å². The molecule has 1 aliphatic rings. The summed E-state index contributed by atoms with van der Waals surface area (Å²) >= 11 is 0. The van der Waals surface area contributed by atoms with Crippen molar-refractivity contribution in [3.63, 3.8) is 0 Å². The van der Waals surface area contributed by atoms with Crippen molar-refractivity contribution in [2.24, 2.45) is 5.92 Å². The standard InChI is InChI=1S/C13H18N2O/c1-10-4-2-6-12(8-10)15-13(16)11-5-3-7-14-9-11/h3,5,7,9-10,12H,2,4,6,8H2,1H3,(H,15,16). The number of rotatable bonds is 2. The lowest BCUT2D eigenvalue weighted by Gasteiger charge is -2.27. The molecular formula is C13H18N2O. The summed E-state index contributed by atoms with van der Waals surface area (Å²) in [6.45, 7) is 2.25. The highest BCUT2D eigenvalue weighted by atomic mass is 16.1. The third kappa shape index (κ3) is 2.81. The Morgan fingerprint density at radius 1 is 1.50 bits per heavy atom. The number of hydrogen-bond acceptors (Lipinski definition) is 2. The molecule has 0 aliphatic heterocycles. The van der Waals surface area contributed by atoms with E-state index in [9.17, 15) is 4.79 Å². The van der Waals surface area contributed by atoms with Crippen LogP contribution in [0, 0.1) is 5.92 Å². The van der Waals surface area contributed by atoms with Gasteiger partial charge in [0.05, 0.1) is 5.56 Å². The largest absolute Gasteiger partial charge is 0.349 e. The fourth-order valence-electron chi connectivity index (χ4n) is 2.33. The van der Waals surface area contributed by atoms with Gasteiger partial charge in [0.25, 0.3) is 5.91 Å². The van der Waals surface area contributed by atoms with E-state index in [1.807, 2.05) is 0 Å². The summed E-state index contributed by atoms with van der Waals surface area (Å²) in [5.74, 6) is 0.736. The molecule has 1 saturated carbocycles. The highest BCUT2D eigenvalue weighted by Gasteiger charge is 2.20. The SMILES string of the molecule is CC1CCCC(NC(=O)c2cccnc2)C1. The highest BCUT2D eigenvalue weighted by molar-refractivity contribution is 5.93. The molecule has 1 amide bonds. The quantitative estimate of drug-likeness (QED) is 0.828. The van der Waals surface area contributed by atoms with Crippen molar-refractivity contribution in [2.45, 2.75) is 38.6 Å². The normalized spacial score (nSPS) is 25.1. The summed E-state index contributed by atoms with van der Waals surface area (Å²) < 4.78 is 0. The zero-order valence-corrected chi connectivity index (χ0v) is 9.65. The van der Waals surface area contributed by atoms with Crippen LogP contribution in [-0.2, 0) is 0 Å². The smallest absolute Gasteiger partial charge is 0.253 e. The van der Waals surface area contributed by atoms with E-state index >= 15 is 0 Å². The van der Waals surface area contributed by atoms with E-state index in [0.29, 0.717) is 11.6 Å². The molecule has 2 rings (SSSR count). The van der Waals surface area contributed by atoms with Crippen LogP contribution in [0.5, 0.6) is 0 Å². The topological polar surface area (TPSA) is 42.0 Å². The van der Waals surface area contributed by atoms with Gasteiger partial charge in [-0.25, -0.2) is 0 Å². The van der Waals surface area contributed by atoms with E-state index in [2.05, 4.69) is 17.2 Å². The molecule has 86 valence electrons. The van der Waals surface area contributed by atoms with Crippen molar-refractivity contribution in [1.29, 1.82) is 0 Å². The molecular weight excluding hydrogens is 200 g/mol. The Bertz CT molecular complexity index is 350. The summed E-state index contributed by atoms with van der Waals surface area (Å²) in [7, 11) is 0. The second kappa shape index (κ2) is 5.10. The molecule has 0 aromatic carbocycles. The van der Waals surface area contributed by atoms with Crippen molar-refractivity contribution in [3.05, 3.63) is 30.1 Å². The van der Waals surface area contributed by atoms with Crippen LogP contribution >= 0.6 is 0 Å². The molecule has 16 heavy (non-hydrogen) atoms. The van der Waals surface area contributed by atoms with Gasteiger partial charge in [0.15, 0.2) is 0 Å². The van der Waals surface area contributed by atoms with Gasteiger partial charge in [0.2, 0.25) is 0 Å². The maximum atomic E-state index is 11.9. The lowest BCUT2D eigenvalue weighted by atomic mass is 9.87. The molecule has 3 nitrogen and oxygen atoms in total. The number of nitrogens with one attached hydrogen (secondary N) is 1. The minimum Gasteiger partial charge on any atom is -0.349 e. The van der Waals surface area contributed by atoms with Crippen LogP contribution in [0.25, 0.3) is 0 Å². The number of carbonyl (C=O) groups excluding carboxylic acids is 1. The third-order valence-corrected chi connectivity index (χ3v) is 3.20. The number of amides is 1. The first-order valence-corrected chi connectivity index (χ1v) is 5.96. The Kier molecular flexibility index (Phi) is 3.54. The Morgan fingerprint density at radius 2 is 2.38 bits per heavy atom. The average molecular weight is 218 g/mol. The van der Waals surface area contributed by atoms with Crippen molar-refractivity contribution in [2.75, 3.05) is 0 Å². The lowest BCUT2D eigenvalue weighted by molar-refractivity contribution is 0.0921. The molecule has 1 aliphatic carbocycles. The van der Waals surface area contributed by atoms with E-state index in [1.54, 1.807) is 24.5 Å². The molecule has 0 radical (unpaired) electrons. The summed E-state index contributed by atoms with van der Waals surface area (Å²) in [5.41, 5.74) is 0.653.